The molecule has 0 fully saturated rings. The van der Waals surface area contributed by atoms with E-state index in [1.54, 1.807) is 46.8 Å². The Bertz CT molecular complexity index is 1020. The number of nitrogens with one attached hydrogen (secondary N) is 1. The van der Waals surface area contributed by atoms with Crippen LogP contribution in [0.1, 0.15) is 12.2 Å². The lowest BCUT2D eigenvalue weighted by Gasteiger charge is -2.08. The molecule has 0 atom stereocenters. The predicted molar refractivity (Wildman–Crippen MR) is 91.7 cm³/mol. The molecule has 1 amide bonds. The number of benzene rings is 1. The van der Waals surface area contributed by atoms with Gasteiger partial charge in [0.2, 0.25) is 0 Å². The van der Waals surface area contributed by atoms with Crippen molar-refractivity contribution in [2.24, 2.45) is 7.05 Å². The number of ether oxygens (including phenoxy) is 1. The van der Waals surface area contributed by atoms with Gasteiger partial charge >= 0.3 is 0 Å². The lowest BCUT2D eigenvalue weighted by molar-refractivity contribution is -0.118. The first-order valence-electron chi connectivity index (χ1n) is 8.06. The van der Waals surface area contributed by atoms with E-state index < -0.39 is 0 Å². The standard InChI is InChI=1S/C17H17N5O3/c1-21-8-6-14(20-21)19-16(23)10-25-11-4-5-13-12(9-11)17(24)22-7-2-3-15(22)18-13/h4-6,8-9H,2-3,7,10H2,1H3,(H,19,20,23). The number of carbonyl (C=O) groups is 1. The molecule has 0 unspecified atom stereocenters. The highest BCUT2D eigenvalue weighted by molar-refractivity contribution is 5.91. The number of hydrogen-bond donors (Lipinski definition) is 1. The van der Waals surface area contributed by atoms with E-state index in [1.807, 2.05) is 0 Å². The highest BCUT2D eigenvalue weighted by Gasteiger charge is 2.16. The highest BCUT2D eigenvalue weighted by atomic mass is 16.5. The average Bonchev–Trinajstić information content (AvgIpc) is 3.22. The molecule has 1 aromatic carbocycles. The fourth-order valence-corrected chi connectivity index (χ4v) is 2.96. The molecule has 1 aliphatic rings. The van der Waals surface area contributed by atoms with E-state index in [0.717, 1.165) is 18.7 Å². The molecule has 25 heavy (non-hydrogen) atoms. The van der Waals surface area contributed by atoms with Crippen LogP contribution in [0.2, 0.25) is 0 Å². The smallest absolute Gasteiger partial charge is 0.263 e. The first-order chi connectivity index (χ1) is 12.1. The molecule has 0 spiro atoms. The topological polar surface area (TPSA) is 91.0 Å². The maximum absolute atomic E-state index is 12.5. The second-order valence-electron chi connectivity index (χ2n) is 5.98. The van der Waals surface area contributed by atoms with Gasteiger partial charge in [-0.1, -0.05) is 0 Å². The summed E-state index contributed by atoms with van der Waals surface area (Å²) in [6.07, 6.45) is 3.51. The van der Waals surface area contributed by atoms with Crippen molar-refractivity contribution >= 4 is 22.6 Å². The summed E-state index contributed by atoms with van der Waals surface area (Å²) < 4.78 is 8.81. The largest absolute Gasteiger partial charge is 0.484 e. The Labute approximate surface area is 143 Å². The van der Waals surface area contributed by atoms with Gasteiger partial charge in [0.15, 0.2) is 12.4 Å². The van der Waals surface area contributed by atoms with Crippen LogP contribution in [0.25, 0.3) is 10.9 Å². The van der Waals surface area contributed by atoms with Gasteiger partial charge in [-0.25, -0.2) is 4.98 Å². The summed E-state index contributed by atoms with van der Waals surface area (Å²) in [5.41, 5.74) is 0.601. The second kappa shape index (κ2) is 6.04. The molecule has 0 saturated carbocycles. The predicted octanol–water partition coefficient (Wildman–Crippen LogP) is 1.09. The molecule has 0 aliphatic carbocycles. The van der Waals surface area contributed by atoms with Crippen molar-refractivity contribution in [3.05, 3.63) is 46.6 Å². The molecule has 0 bridgehead atoms. The van der Waals surface area contributed by atoms with Crippen LogP contribution in [-0.4, -0.2) is 31.8 Å². The van der Waals surface area contributed by atoms with E-state index in [4.69, 9.17) is 4.74 Å². The van der Waals surface area contributed by atoms with Crippen LogP contribution < -0.4 is 15.6 Å². The van der Waals surface area contributed by atoms with E-state index in [9.17, 15) is 9.59 Å². The Balaban J connectivity index is 1.50. The number of aromatic nitrogens is 4. The third-order valence-corrected chi connectivity index (χ3v) is 4.14. The average molecular weight is 339 g/mol. The third kappa shape index (κ3) is 2.98. The van der Waals surface area contributed by atoms with Gasteiger partial charge < -0.3 is 10.1 Å². The molecule has 2 aromatic heterocycles. The number of amides is 1. The van der Waals surface area contributed by atoms with Gasteiger partial charge in [0.05, 0.1) is 10.9 Å². The van der Waals surface area contributed by atoms with Gasteiger partial charge in [-0.3, -0.25) is 18.8 Å². The lowest BCUT2D eigenvalue weighted by Crippen LogP contribution is -2.22. The monoisotopic (exact) mass is 339 g/mol. The van der Waals surface area contributed by atoms with Gasteiger partial charge in [-0.2, -0.15) is 5.10 Å². The van der Waals surface area contributed by atoms with Crippen LogP contribution in [0.15, 0.2) is 35.3 Å². The van der Waals surface area contributed by atoms with E-state index in [1.165, 1.54) is 0 Å². The number of carbonyl (C=O) groups excluding carboxylic acids is 1. The minimum atomic E-state index is -0.317. The summed E-state index contributed by atoms with van der Waals surface area (Å²) in [5.74, 6) is 1.44. The van der Waals surface area contributed by atoms with Crippen LogP contribution in [0.5, 0.6) is 5.75 Å². The fraction of sp³-hybridized carbons (Fsp3) is 0.294. The Kier molecular flexibility index (Phi) is 3.72. The van der Waals surface area contributed by atoms with Gasteiger partial charge in [0.1, 0.15) is 11.6 Å². The maximum Gasteiger partial charge on any atom is 0.263 e. The quantitative estimate of drug-likeness (QED) is 0.768. The minimum Gasteiger partial charge on any atom is -0.484 e. The Morgan fingerprint density at radius 2 is 2.24 bits per heavy atom. The van der Waals surface area contributed by atoms with Crippen molar-refractivity contribution in [2.75, 3.05) is 11.9 Å². The summed E-state index contributed by atoms with van der Waals surface area (Å²) in [7, 11) is 1.77. The molecule has 1 N–H and O–H groups in total. The molecular formula is C17H17N5O3. The highest BCUT2D eigenvalue weighted by Crippen LogP contribution is 2.19. The van der Waals surface area contributed by atoms with Crippen molar-refractivity contribution in [1.29, 1.82) is 0 Å². The number of anilines is 1. The second-order valence-corrected chi connectivity index (χ2v) is 5.98. The third-order valence-electron chi connectivity index (χ3n) is 4.14. The van der Waals surface area contributed by atoms with Crippen molar-refractivity contribution < 1.29 is 9.53 Å². The van der Waals surface area contributed by atoms with Crippen molar-refractivity contribution in [3.63, 3.8) is 0 Å². The summed E-state index contributed by atoms with van der Waals surface area (Å²) in [6.45, 7) is 0.538. The van der Waals surface area contributed by atoms with Crippen LogP contribution in [-0.2, 0) is 24.8 Å². The summed E-state index contributed by atoms with van der Waals surface area (Å²) in [4.78, 5) is 29.0. The molecule has 4 rings (SSSR count). The molecule has 0 saturated heterocycles. The molecule has 8 heteroatoms. The van der Waals surface area contributed by atoms with E-state index in [-0.39, 0.29) is 18.1 Å². The number of nitrogens with zero attached hydrogens (tertiary/aromatic N) is 4. The van der Waals surface area contributed by atoms with Crippen molar-refractivity contribution in [2.45, 2.75) is 19.4 Å². The van der Waals surface area contributed by atoms with Crippen LogP contribution in [0, 0.1) is 0 Å². The minimum absolute atomic E-state index is 0.0547. The van der Waals surface area contributed by atoms with Crippen LogP contribution in [0.4, 0.5) is 5.82 Å². The Morgan fingerprint density at radius 3 is 3.04 bits per heavy atom. The van der Waals surface area contributed by atoms with E-state index in [0.29, 0.717) is 29.0 Å². The zero-order valence-electron chi connectivity index (χ0n) is 13.7. The number of fused-ring (bicyclic) bond motifs is 2. The summed E-state index contributed by atoms with van der Waals surface area (Å²) in [6, 6.07) is 6.81. The first kappa shape index (κ1) is 15.4. The SMILES string of the molecule is Cn1ccc(NC(=O)COc2ccc3nc4n(c(=O)c3c2)CCC4)n1. The van der Waals surface area contributed by atoms with Crippen molar-refractivity contribution in [1.82, 2.24) is 19.3 Å². The zero-order valence-corrected chi connectivity index (χ0v) is 13.7. The van der Waals surface area contributed by atoms with Crippen LogP contribution in [0.3, 0.4) is 0 Å². The summed E-state index contributed by atoms with van der Waals surface area (Å²) >= 11 is 0. The molecule has 1 aliphatic heterocycles. The summed E-state index contributed by atoms with van der Waals surface area (Å²) in [5, 5.41) is 7.22. The lowest BCUT2D eigenvalue weighted by atomic mass is 10.2. The molecule has 0 radical (unpaired) electrons. The number of aryl methyl sites for hydroxylation is 2. The molecule has 128 valence electrons. The zero-order chi connectivity index (χ0) is 17.4. The first-order valence-corrected chi connectivity index (χ1v) is 8.06. The van der Waals surface area contributed by atoms with Gasteiger partial charge in [0.25, 0.3) is 11.5 Å². The molecule has 3 heterocycles. The molecule has 3 aromatic rings. The van der Waals surface area contributed by atoms with E-state index >= 15 is 0 Å². The van der Waals surface area contributed by atoms with Gasteiger partial charge in [-0.15, -0.1) is 0 Å². The number of rotatable bonds is 4. The fourth-order valence-electron chi connectivity index (χ4n) is 2.96. The van der Waals surface area contributed by atoms with Crippen LogP contribution >= 0.6 is 0 Å². The Hall–Kier alpha value is -3.16. The number of hydrogen-bond acceptors (Lipinski definition) is 5. The van der Waals surface area contributed by atoms with E-state index in [2.05, 4.69) is 15.4 Å². The maximum atomic E-state index is 12.5. The molecular weight excluding hydrogens is 322 g/mol. The molecule has 8 nitrogen and oxygen atoms in total. The van der Waals surface area contributed by atoms with Crippen molar-refractivity contribution in [3.8, 4) is 5.75 Å². The van der Waals surface area contributed by atoms with Gasteiger partial charge in [-0.05, 0) is 24.6 Å². The van der Waals surface area contributed by atoms with Gasteiger partial charge in [0, 0.05) is 32.3 Å². The normalized spacial score (nSPS) is 13.0. The Morgan fingerprint density at radius 1 is 1.36 bits per heavy atom.